The van der Waals surface area contributed by atoms with Gasteiger partial charge in [0.15, 0.2) is 0 Å². The van der Waals surface area contributed by atoms with Gasteiger partial charge in [0.1, 0.15) is 5.82 Å². The Morgan fingerprint density at radius 1 is 1.40 bits per heavy atom. The molecule has 3 rings (SSSR count). The smallest absolute Gasteiger partial charge is 0.133 e. The van der Waals surface area contributed by atoms with Gasteiger partial charge >= 0.3 is 0 Å². The van der Waals surface area contributed by atoms with Crippen LogP contribution in [0.1, 0.15) is 28.8 Å². The number of aromatic nitrogens is 3. The molecule has 2 aromatic rings. The van der Waals surface area contributed by atoms with Crippen LogP contribution >= 0.6 is 0 Å². The summed E-state index contributed by atoms with van der Waals surface area (Å²) in [7, 11) is 4.00. The number of fused-ring (bicyclic) bond motifs is 1. The van der Waals surface area contributed by atoms with Crippen molar-refractivity contribution >= 4 is 5.82 Å². The lowest BCUT2D eigenvalue weighted by atomic mass is 10.1. The maximum atomic E-state index is 5.90. The molecule has 2 heterocycles. The van der Waals surface area contributed by atoms with E-state index in [1.807, 2.05) is 24.1 Å². The van der Waals surface area contributed by atoms with Crippen LogP contribution in [0, 0.1) is 0 Å². The van der Waals surface area contributed by atoms with E-state index in [1.165, 1.54) is 23.2 Å². The highest BCUT2D eigenvalue weighted by Crippen LogP contribution is 2.27. The van der Waals surface area contributed by atoms with E-state index in [4.69, 9.17) is 10.7 Å². The molecule has 0 amide bonds. The van der Waals surface area contributed by atoms with Gasteiger partial charge in [-0.05, 0) is 30.9 Å². The van der Waals surface area contributed by atoms with Gasteiger partial charge < -0.3 is 10.6 Å². The van der Waals surface area contributed by atoms with Gasteiger partial charge in [0, 0.05) is 50.2 Å². The number of nitrogens with zero attached hydrogens (tertiary/aromatic N) is 4. The molecule has 0 unspecified atom stereocenters. The highest BCUT2D eigenvalue weighted by molar-refractivity contribution is 5.50. The van der Waals surface area contributed by atoms with E-state index in [0.29, 0.717) is 6.54 Å². The molecule has 5 heteroatoms. The van der Waals surface area contributed by atoms with E-state index in [0.717, 1.165) is 30.8 Å². The molecule has 2 aromatic heterocycles. The summed E-state index contributed by atoms with van der Waals surface area (Å²) < 4.78 is 1.82. The van der Waals surface area contributed by atoms with Gasteiger partial charge in [-0.15, -0.1) is 0 Å². The van der Waals surface area contributed by atoms with Crippen LogP contribution in [0.15, 0.2) is 18.5 Å². The zero-order valence-corrected chi connectivity index (χ0v) is 12.1. The van der Waals surface area contributed by atoms with Crippen molar-refractivity contribution in [3.63, 3.8) is 0 Å². The SMILES string of the molecule is CN(Cc1cnn(C)c1)c1nc2c(cc1CN)CCC2. The van der Waals surface area contributed by atoms with Gasteiger partial charge in [-0.1, -0.05) is 0 Å². The number of aryl methyl sites for hydroxylation is 3. The second kappa shape index (κ2) is 5.25. The first-order valence-corrected chi connectivity index (χ1v) is 7.08. The lowest BCUT2D eigenvalue weighted by molar-refractivity contribution is 0.766. The molecule has 5 nitrogen and oxygen atoms in total. The van der Waals surface area contributed by atoms with Crippen molar-refractivity contribution in [1.29, 1.82) is 0 Å². The fraction of sp³-hybridized carbons (Fsp3) is 0.467. The molecule has 0 aliphatic heterocycles. The summed E-state index contributed by atoms with van der Waals surface area (Å²) in [6.07, 6.45) is 7.37. The largest absolute Gasteiger partial charge is 0.355 e. The zero-order chi connectivity index (χ0) is 14.1. The molecule has 1 aliphatic carbocycles. The fourth-order valence-corrected chi connectivity index (χ4v) is 2.89. The minimum atomic E-state index is 0.535. The summed E-state index contributed by atoms with van der Waals surface area (Å²) in [6.45, 7) is 1.33. The van der Waals surface area contributed by atoms with Crippen LogP contribution in [-0.4, -0.2) is 21.8 Å². The van der Waals surface area contributed by atoms with E-state index in [2.05, 4.69) is 23.1 Å². The van der Waals surface area contributed by atoms with Crippen LogP contribution < -0.4 is 10.6 Å². The van der Waals surface area contributed by atoms with E-state index in [9.17, 15) is 0 Å². The topological polar surface area (TPSA) is 60.0 Å². The third-order valence-corrected chi connectivity index (χ3v) is 3.87. The number of pyridine rings is 1. The van der Waals surface area contributed by atoms with Crippen molar-refractivity contribution in [3.8, 4) is 0 Å². The number of hydrogen-bond donors (Lipinski definition) is 1. The second-order valence-electron chi connectivity index (χ2n) is 5.51. The molecular formula is C15H21N5. The monoisotopic (exact) mass is 271 g/mol. The highest BCUT2D eigenvalue weighted by Gasteiger charge is 2.18. The van der Waals surface area contributed by atoms with Crippen molar-refractivity contribution in [3.05, 3.63) is 40.8 Å². The summed E-state index contributed by atoms with van der Waals surface area (Å²) in [5.41, 5.74) is 10.8. The number of rotatable bonds is 4. The normalized spacial score (nSPS) is 13.6. The van der Waals surface area contributed by atoms with Crippen molar-refractivity contribution in [2.75, 3.05) is 11.9 Å². The number of nitrogens with two attached hydrogens (primary N) is 1. The summed E-state index contributed by atoms with van der Waals surface area (Å²) in [6, 6.07) is 2.24. The maximum absolute atomic E-state index is 5.90. The molecule has 0 fully saturated rings. The van der Waals surface area contributed by atoms with Crippen LogP contribution in [-0.2, 0) is 33.0 Å². The average Bonchev–Trinajstić information content (AvgIpc) is 3.05. The lowest BCUT2D eigenvalue weighted by Crippen LogP contribution is -2.21. The minimum Gasteiger partial charge on any atom is -0.355 e. The summed E-state index contributed by atoms with van der Waals surface area (Å²) in [4.78, 5) is 7.01. The van der Waals surface area contributed by atoms with E-state index >= 15 is 0 Å². The number of hydrogen-bond acceptors (Lipinski definition) is 4. The van der Waals surface area contributed by atoms with Crippen LogP contribution in [0.25, 0.3) is 0 Å². The molecule has 20 heavy (non-hydrogen) atoms. The molecule has 0 radical (unpaired) electrons. The molecular weight excluding hydrogens is 250 g/mol. The Balaban J connectivity index is 1.88. The quantitative estimate of drug-likeness (QED) is 0.913. The summed E-state index contributed by atoms with van der Waals surface area (Å²) in [5, 5.41) is 4.21. The molecule has 0 spiro atoms. The molecule has 0 atom stereocenters. The first-order valence-electron chi connectivity index (χ1n) is 7.08. The Morgan fingerprint density at radius 2 is 2.25 bits per heavy atom. The zero-order valence-electron chi connectivity index (χ0n) is 12.1. The molecule has 0 saturated carbocycles. The minimum absolute atomic E-state index is 0.535. The van der Waals surface area contributed by atoms with E-state index in [-0.39, 0.29) is 0 Å². The molecule has 106 valence electrons. The van der Waals surface area contributed by atoms with Crippen LogP contribution in [0.2, 0.25) is 0 Å². The third kappa shape index (κ3) is 2.41. The van der Waals surface area contributed by atoms with Crippen LogP contribution in [0.3, 0.4) is 0 Å². The predicted molar refractivity (Wildman–Crippen MR) is 79.5 cm³/mol. The van der Waals surface area contributed by atoms with Crippen LogP contribution in [0.5, 0.6) is 0 Å². The van der Waals surface area contributed by atoms with Gasteiger partial charge in [0.25, 0.3) is 0 Å². The van der Waals surface area contributed by atoms with Gasteiger partial charge in [-0.3, -0.25) is 4.68 Å². The molecule has 0 aromatic carbocycles. The average molecular weight is 271 g/mol. The first-order chi connectivity index (χ1) is 9.67. The molecule has 0 saturated heterocycles. The second-order valence-corrected chi connectivity index (χ2v) is 5.51. The summed E-state index contributed by atoms with van der Waals surface area (Å²) in [5.74, 6) is 1.01. The number of anilines is 1. The van der Waals surface area contributed by atoms with Gasteiger partial charge in [-0.2, -0.15) is 5.10 Å². The highest BCUT2D eigenvalue weighted by atomic mass is 15.2. The standard InChI is InChI=1S/C15H21N5/c1-19(9-11-8-17-20(2)10-11)15-13(7-16)6-12-4-3-5-14(12)18-15/h6,8,10H,3-5,7,9,16H2,1-2H3. The Morgan fingerprint density at radius 3 is 2.95 bits per heavy atom. The molecule has 0 bridgehead atoms. The van der Waals surface area contributed by atoms with Gasteiger partial charge in [0.05, 0.1) is 6.20 Å². The lowest BCUT2D eigenvalue weighted by Gasteiger charge is -2.21. The Bertz CT molecular complexity index is 617. The third-order valence-electron chi connectivity index (χ3n) is 3.87. The Hall–Kier alpha value is -1.88. The van der Waals surface area contributed by atoms with Crippen molar-refractivity contribution in [2.24, 2.45) is 12.8 Å². The Kier molecular flexibility index (Phi) is 3.44. The Labute approximate surface area is 119 Å². The maximum Gasteiger partial charge on any atom is 0.133 e. The van der Waals surface area contributed by atoms with E-state index in [1.54, 1.807) is 0 Å². The van der Waals surface area contributed by atoms with Crippen LogP contribution in [0.4, 0.5) is 5.82 Å². The van der Waals surface area contributed by atoms with Gasteiger partial charge in [-0.25, -0.2) is 4.98 Å². The van der Waals surface area contributed by atoms with Gasteiger partial charge in [0.2, 0.25) is 0 Å². The van der Waals surface area contributed by atoms with Crippen molar-refractivity contribution < 1.29 is 0 Å². The predicted octanol–water partition coefficient (Wildman–Crippen LogP) is 1.40. The molecule has 2 N–H and O–H groups in total. The first kappa shape index (κ1) is 13.1. The van der Waals surface area contributed by atoms with Crippen molar-refractivity contribution in [1.82, 2.24) is 14.8 Å². The van der Waals surface area contributed by atoms with Crippen molar-refractivity contribution in [2.45, 2.75) is 32.4 Å². The molecule has 1 aliphatic rings. The fourth-order valence-electron chi connectivity index (χ4n) is 2.89. The van der Waals surface area contributed by atoms with E-state index < -0.39 is 0 Å². The summed E-state index contributed by atoms with van der Waals surface area (Å²) >= 11 is 0.